The fourth-order valence-electron chi connectivity index (χ4n) is 2.40. The van der Waals surface area contributed by atoms with Gasteiger partial charge in [-0.3, -0.25) is 0 Å². The molecule has 0 aliphatic rings. The van der Waals surface area contributed by atoms with Crippen LogP contribution in [0, 0.1) is 0 Å². The summed E-state index contributed by atoms with van der Waals surface area (Å²) in [6.45, 7) is 7.76. The van der Waals surface area contributed by atoms with E-state index in [0.717, 1.165) is 12.5 Å². The molecule has 0 aromatic heterocycles. The minimum absolute atomic E-state index is 0.756. The van der Waals surface area contributed by atoms with Gasteiger partial charge in [-0.25, -0.2) is 0 Å². The number of benzene rings is 1. The highest BCUT2D eigenvalue weighted by molar-refractivity contribution is 6.60. The van der Waals surface area contributed by atoms with Crippen LogP contribution in [-0.4, -0.2) is 6.71 Å². The van der Waals surface area contributed by atoms with Crippen molar-refractivity contribution in [3.8, 4) is 0 Å². The molecule has 1 heteroatoms. The van der Waals surface area contributed by atoms with Crippen LogP contribution in [-0.2, 0) is 0 Å². The quantitative estimate of drug-likeness (QED) is 0.605. The van der Waals surface area contributed by atoms with E-state index < -0.39 is 0 Å². The maximum Gasteiger partial charge on any atom is 0.147 e. The number of hydrogen-bond acceptors (Lipinski definition) is 0. The number of rotatable bonds is 5. The second-order valence-electron chi connectivity index (χ2n) is 4.00. The van der Waals surface area contributed by atoms with Crippen molar-refractivity contribution in [2.75, 3.05) is 0 Å². The molecule has 0 aliphatic heterocycles. The molecule has 1 rings (SSSR count). The lowest BCUT2D eigenvalue weighted by atomic mass is 9.36. The summed E-state index contributed by atoms with van der Waals surface area (Å²) in [5.41, 5.74) is 1.52. The Kier molecular flexibility index (Phi) is 4.79. The van der Waals surface area contributed by atoms with Gasteiger partial charge in [0.1, 0.15) is 6.71 Å². The van der Waals surface area contributed by atoms with Gasteiger partial charge in [-0.2, -0.15) is 0 Å². The molecule has 0 fully saturated rings. The van der Waals surface area contributed by atoms with E-state index in [1.807, 2.05) is 0 Å². The van der Waals surface area contributed by atoms with E-state index in [1.165, 1.54) is 24.6 Å². The predicted molar refractivity (Wildman–Crippen MR) is 66.2 cm³/mol. The van der Waals surface area contributed by atoms with Crippen LogP contribution in [0.25, 0.3) is 0 Å². The highest BCUT2D eigenvalue weighted by Gasteiger charge is 2.21. The van der Waals surface area contributed by atoms with Crippen molar-refractivity contribution in [3.05, 3.63) is 35.9 Å². The second-order valence-corrected chi connectivity index (χ2v) is 4.00. The van der Waals surface area contributed by atoms with Crippen molar-refractivity contribution in [1.29, 1.82) is 0 Å². The molecular weight excluding hydrogens is 167 g/mol. The van der Waals surface area contributed by atoms with E-state index in [0.29, 0.717) is 0 Å². The minimum atomic E-state index is 0.756. The van der Waals surface area contributed by atoms with Crippen LogP contribution >= 0.6 is 0 Å². The third kappa shape index (κ3) is 2.63. The summed E-state index contributed by atoms with van der Waals surface area (Å²) in [5.74, 6) is 0.756. The first-order chi connectivity index (χ1) is 6.83. The highest BCUT2D eigenvalue weighted by atomic mass is 14.0. The summed E-state index contributed by atoms with van der Waals surface area (Å²) in [6, 6.07) is 10.9. The Morgan fingerprint density at radius 3 is 2.00 bits per heavy atom. The molecule has 0 bridgehead atoms. The van der Waals surface area contributed by atoms with Gasteiger partial charge in [0, 0.05) is 0 Å². The van der Waals surface area contributed by atoms with Gasteiger partial charge in [-0.05, 0) is 5.82 Å². The zero-order valence-electron chi connectivity index (χ0n) is 9.66. The third-order valence-electron chi connectivity index (χ3n) is 3.29. The largest absolute Gasteiger partial charge is 0.147 e. The minimum Gasteiger partial charge on any atom is -0.0765 e. The Morgan fingerprint density at radius 1 is 1.00 bits per heavy atom. The molecule has 14 heavy (non-hydrogen) atoms. The standard InChI is InChI=1S/C13H21B/c1-4-13(14(5-2)6-3)12-10-8-7-9-11-12/h7-11,13H,4-6H2,1-3H3/t13-/m1/s1. The van der Waals surface area contributed by atoms with E-state index in [9.17, 15) is 0 Å². The van der Waals surface area contributed by atoms with Gasteiger partial charge in [0.2, 0.25) is 0 Å². The van der Waals surface area contributed by atoms with Crippen LogP contribution in [0.3, 0.4) is 0 Å². The summed E-state index contributed by atoms with van der Waals surface area (Å²) in [5, 5.41) is 0. The predicted octanol–water partition coefficient (Wildman–Crippen LogP) is 4.25. The Bertz CT molecular complexity index is 239. The first-order valence-corrected chi connectivity index (χ1v) is 5.88. The average Bonchev–Trinajstić information content (AvgIpc) is 2.27. The van der Waals surface area contributed by atoms with Crippen LogP contribution in [0.5, 0.6) is 0 Å². The third-order valence-corrected chi connectivity index (χ3v) is 3.29. The van der Waals surface area contributed by atoms with Crippen LogP contribution in [0.4, 0.5) is 0 Å². The monoisotopic (exact) mass is 188 g/mol. The molecular formula is C13H21B. The van der Waals surface area contributed by atoms with Crippen molar-refractivity contribution in [2.45, 2.75) is 45.6 Å². The summed E-state index contributed by atoms with van der Waals surface area (Å²) >= 11 is 0. The van der Waals surface area contributed by atoms with Crippen molar-refractivity contribution in [1.82, 2.24) is 0 Å². The normalized spacial score (nSPS) is 12.5. The van der Waals surface area contributed by atoms with Crippen LogP contribution in [0.15, 0.2) is 30.3 Å². The average molecular weight is 188 g/mol. The SMILES string of the molecule is CCB(CC)[C@H](CC)c1ccccc1. The molecule has 0 aliphatic carbocycles. The Hall–Kier alpha value is -0.715. The zero-order chi connectivity index (χ0) is 10.4. The van der Waals surface area contributed by atoms with Crippen LogP contribution in [0.2, 0.25) is 12.6 Å². The van der Waals surface area contributed by atoms with Crippen molar-refractivity contribution >= 4 is 6.71 Å². The molecule has 1 aromatic rings. The van der Waals surface area contributed by atoms with Gasteiger partial charge in [0.05, 0.1) is 0 Å². The first-order valence-electron chi connectivity index (χ1n) is 5.88. The van der Waals surface area contributed by atoms with E-state index in [4.69, 9.17) is 0 Å². The molecule has 0 saturated heterocycles. The van der Waals surface area contributed by atoms with Crippen molar-refractivity contribution < 1.29 is 0 Å². The second kappa shape index (κ2) is 5.90. The van der Waals surface area contributed by atoms with E-state index in [-0.39, 0.29) is 0 Å². The van der Waals surface area contributed by atoms with Gasteiger partial charge in [0.15, 0.2) is 0 Å². The lowest BCUT2D eigenvalue weighted by Crippen LogP contribution is -2.21. The van der Waals surface area contributed by atoms with Gasteiger partial charge in [-0.1, -0.05) is 75.7 Å². The maximum absolute atomic E-state index is 2.31. The van der Waals surface area contributed by atoms with Gasteiger partial charge in [-0.15, -0.1) is 0 Å². The molecule has 0 saturated carbocycles. The Morgan fingerprint density at radius 2 is 1.57 bits per heavy atom. The molecule has 0 spiro atoms. The highest BCUT2D eigenvalue weighted by Crippen LogP contribution is 2.26. The summed E-state index contributed by atoms with van der Waals surface area (Å²) in [4.78, 5) is 0. The Balaban J connectivity index is 2.81. The lowest BCUT2D eigenvalue weighted by Gasteiger charge is -2.21. The van der Waals surface area contributed by atoms with Crippen LogP contribution in [0.1, 0.15) is 38.6 Å². The van der Waals surface area contributed by atoms with Crippen molar-refractivity contribution in [3.63, 3.8) is 0 Å². The molecule has 1 atom stereocenters. The molecule has 0 heterocycles. The molecule has 1 aromatic carbocycles. The van der Waals surface area contributed by atoms with Crippen molar-refractivity contribution in [2.24, 2.45) is 0 Å². The molecule has 0 nitrogen and oxygen atoms in total. The summed E-state index contributed by atoms with van der Waals surface area (Å²) in [6.07, 6.45) is 3.85. The lowest BCUT2D eigenvalue weighted by molar-refractivity contribution is 0.845. The van der Waals surface area contributed by atoms with Gasteiger partial charge >= 0.3 is 0 Å². The first kappa shape index (κ1) is 11.4. The van der Waals surface area contributed by atoms with Gasteiger partial charge < -0.3 is 0 Å². The molecule has 76 valence electrons. The zero-order valence-corrected chi connectivity index (χ0v) is 9.66. The molecule has 0 unspecified atom stereocenters. The Labute approximate surface area is 88.8 Å². The summed E-state index contributed by atoms with van der Waals surface area (Å²) < 4.78 is 0. The molecule has 0 radical (unpaired) electrons. The number of hydrogen-bond donors (Lipinski definition) is 0. The topological polar surface area (TPSA) is 0 Å². The van der Waals surface area contributed by atoms with Crippen LogP contribution < -0.4 is 0 Å². The molecule has 0 N–H and O–H groups in total. The van der Waals surface area contributed by atoms with Gasteiger partial charge in [0.25, 0.3) is 0 Å². The smallest absolute Gasteiger partial charge is 0.0765 e. The fraction of sp³-hybridized carbons (Fsp3) is 0.538. The summed E-state index contributed by atoms with van der Waals surface area (Å²) in [7, 11) is 0. The van der Waals surface area contributed by atoms with E-state index >= 15 is 0 Å². The molecule has 0 amide bonds. The fourth-order valence-corrected chi connectivity index (χ4v) is 2.40. The maximum atomic E-state index is 2.31. The van der Waals surface area contributed by atoms with E-state index in [1.54, 1.807) is 0 Å². The van der Waals surface area contributed by atoms with E-state index in [2.05, 4.69) is 51.1 Å².